The van der Waals surface area contributed by atoms with Crippen LogP contribution in [0.5, 0.6) is 0 Å². The van der Waals surface area contributed by atoms with E-state index in [1.807, 2.05) is 42.5 Å². The van der Waals surface area contributed by atoms with E-state index in [1.165, 1.54) is 0 Å². The van der Waals surface area contributed by atoms with Gasteiger partial charge in [-0.15, -0.1) is 0 Å². The number of furan rings is 1. The van der Waals surface area contributed by atoms with Crippen molar-refractivity contribution in [2.24, 2.45) is 0 Å². The highest BCUT2D eigenvalue weighted by atomic mass is 35.5. The van der Waals surface area contributed by atoms with Crippen LogP contribution >= 0.6 is 35.4 Å². The Balaban J connectivity index is 1.75. The predicted octanol–water partition coefficient (Wildman–Crippen LogP) is 6.03. The molecule has 1 N–H and O–H groups in total. The summed E-state index contributed by atoms with van der Waals surface area (Å²) in [6, 6.07) is 15.1. The molecule has 1 aliphatic heterocycles. The second kappa shape index (κ2) is 8.11. The average Bonchev–Trinajstić information content (AvgIpc) is 3.30. The first-order valence-corrected chi connectivity index (χ1v) is 10.3. The zero-order valence-electron chi connectivity index (χ0n) is 15.2. The second-order valence-electron chi connectivity index (χ2n) is 6.62. The van der Waals surface area contributed by atoms with Crippen LogP contribution < -0.4 is 5.32 Å². The van der Waals surface area contributed by atoms with Crippen LogP contribution in [-0.2, 0) is 0 Å². The van der Waals surface area contributed by atoms with Crippen molar-refractivity contribution < 1.29 is 4.42 Å². The van der Waals surface area contributed by atoms with Crippen LogP contribution in [0.2, 0.25) is 10.0 Å². The molecule has 3 heterocycles. The zero-order chi connectivity index (χ0) is 19.7. The number of rotatable bonds is 5. The monoisotopic (exact) mass is 431 g/mol. The van der Waals surface area contributed by atoms with Crippen LogP contribution in [0.3, 0.4) is 0 Å². The lowest BCUT2D eigenvalue weighted by atomic mass is 10.0. The number of thiocarbonyl (C=S) groups is 1. The van der Waals surface area contributed by atoms with Gasteiger partial charge in [0.1, 0.15) is 17.6 Å². The molecule has 1 fully saturated rings. The van der Waals surface area contributed by atoms with E-state index in [-0.39, 0.29) is 12.1 Å². The predicted molar refractivity (Wildman–Crippen MR) is 117 cm³/mol. The van der Waals surface area contributed by atoms with E-state index in [1.54, 1.807) is 12.3 Å². The Hall–Kier alpha value is -2.08. The SMILES string of the molecule is CCCN1C(=S)N[C@H](c2ccccn2)[C@@H]1c1ccc(-c2cccc(Cl)c2Cl)o1. The molecule has 2 aromatic heterocycles. The molecule has 4 nitrogen and oxygen atoms in total. The quantitative estimate of drug-likeness (QED) is 0.499. The van der Waals surface area contributed by atoms with Gasteiger partial charge >= 0.3 is 0 Å². The fraction of sp³-hybridized carbons (Fsp3) is 0.238. The molecule has 2 atom stereocenters. The normalized spacial score (nSPS) is 19.1. The van der Waals surface area contributed by atoms with Crippen molar-refractivity contribution in [2.75, 3.05) is 6.54 Å². The molecule has 144 valence electrons. The summed E-state index contributed by atoms with van der Waals surface area (Å²) in [6.45, 7) is 2.96. The van der Waals surface area contributed by atoms with Crippen molar-refractivity contribution in [3.05, 3.63) is 76.2 Å². The molecule has 28 heavy (non-hydrogen) atoms. The lowest BCUT2D eigenvalue weighted by Crippen LogP contribution is -2.30. The van der Waals surface area contributed by atoms with Crippen LogP contribution in [0.15, 0.2) is 59.1 Å². The zero-order valence-corrected chi connectivity index (χ0v) is 17.6. The van der Waals surface area contributed by atoms with Gasteiger partial charge in [-0.05, 0) is 55.0 Å². The molecule has 0 radical (unpaired) electrons. The van der Waals surface area contributed by atoms with Gasteiger partial charge in [-0.2, -0.15) is 0 Å². The number of nitrogens with one attached hydrogen (secondary N) is 1. The third-order valence-corrected chi connectivity index (χ3v) is 5.97. The molecule has 1 aliphatic rings. The molecule has 3 aromatic rings. The number of aromatic nitrogens is 1. The van der Waals surface area contributed by atoms with Gasteiger partial charge in [0.15, 0.2) is 5.11 Å². The summed E-state index contributed by atoms with van der Waals surface area (Å²) < 4.78 is 6.25. The number of benzene rings is 1. The number of hydrogen-bond donors (Lipinski definition) is 1. The van der Waals surface area contributed by atoms with Crippen molar-refractivity contribution in [3.8, 4) is 11.3 Å². The van der Waals surface area contributed by atoms with Crippen LogP contribution in [0, 0.1) is 0 Å². The van der Waals surface area contributed by atoms with Gasteiger partial charge in [-0.1, -0.05) is 42.3 Å². The highest BCUT2D eigenvalue weighted by molar-refractivity contribution is 7.80. The van der Waals surface area contributed by atoms with E-state index >= 15 is 0 Å². The minimum atomic E-state index is -0.0888. The highest BCUT2D eigenvalue weighted by Gasteiger charge is 2.41. The number of hydrogen-bond acceptors (Lipinski definition) is 3. The van der Waals surface area contributed by atoms with E-state index in [0.29, 0.717) is 20.9 Å². The Morgan fingerprint density at radius 3 is 2.75 bits per heavy atom. The van der Waals surface area contributed by atoms with Gasteiger partial charge in [0.25, 0.3) is 0 Å². The summed E-state index contributed by atoms with van der Waals surface area (Å²) in [5.41, 5.74) is 1.69. The van der Waals surface area contributed by atoms with E-state index in [4.69, 9.17) is 39.8 Å². The largest absolute Gasteiger partial charge is 0.459 e. The molecule has 4 rings (SSSR count). The molecule has 0 unspecified atom stereocenters. The molecular formula is C21H19Cl2N3OS. The smallest absolute Gasteiger partial charge is 0.170 e. The molecule has 0 saturated carbocycles. The molecule has 0 aliphatic carbocycles. The van der Waals surface area contributed by atoms with Crippen LogP contribution in [0.4, 0.5) is 0 Å². The number of pyridine rings is 1. The van der Waals surface area contributed by atoms with E-state index in [2.05, 4.69) is 22.1 Å². The van der Waals surface area contributed by atoms with Crippen molar-refractivity contribution in [1.82, 2.24) is 15.2 Å². The maximum Gasteiger partial charge on any atom is 0.170 e. The van der Waals surface area contributed by atoms with Gasteiger partial charge in [-0.3, -0.25) is 4.98 Å². The molecule has 1 aromatic carbocycles. The van der Waals surface area contributed by atoms with Crippen molar-refractivity contribution in [3.63, 3.8) is 0 Å². The highest BCUT2D eigenvalue weighted by Crippen LogP contribution is 2.41. The topological polar surface area (TPSA) is 41.3 Å². The minimum absolute atomic E-state index is 0.0888. The molecule has 0 bridgehead atoms. The summed E-state index contributed by atoms with van der Waals surface area (Å²) in [5, 5.41) is 5.10. The number of halogens is 2. The average molecular weight is 432 g/mol. The Kier molecular flexibility index (Phi) is 5.58. The first-order chi connectivity index (χ1) is 13.6. The second-order valence-corrected chi connectivity index (χ2v) is 7.80. The fourth-order valence-corrected chi connectivity index (χ4v) is 4.27. The molecular weight excluding hydrogens is 413 g/mol. The summed E-state index contributed by atoms with van der Waals surface area (Å²) >= 11 is 18.1. The Morgan fingerprint density at radius 2 is 2.00 bits per heavy atom. The van der Waals surface area contributed by atoms with E-state index in [0.717, 1.165) is 30.0 Å². The van der Waals surface area contributed by atoms with Gasteiger partial charge < -0.3 is 14.6 Å². The first kappa shape index (κ1) is 19.2. The van der Waals surface area contributed by atoms with Crippen LogP contribution in [0.25, 0.3) is 11.3 Å². The Bertz CT molecular complexity index is 992. The number of nitrogens with zero attached hydrogens (tertiary/aromatic N) is 2. The molecule has 7 heteroatoms. The van der Waals surface area contributed by atoms with Gasteiger partial charge in [0, 0.05) is 18.3 Å². The Labute approximate surface area is 179 Å². The lowest BCUT2D eigenvalue weighted by molar-refractivity contribution is 0.275. The molecule has 0 spiro atoms. The van der Waals surface area contributed by atoms with Crippen molar-refractivity contribution >= 4 is 40.5 Å². The Morgan fingerprint density at radius 1 is 1.14 bits per heavy atom. The first-order valence-electron chi connectivity index (χ1n) is 9.12. The van der Waals surface area contributed by atoms with Crippen LogP contribution in [-0.4, -0.2) is 21.5 Å². The maximum atomic E-state index is 6.38. The summed E-state index contributed by atoms with van der Waals surface area (Å²) in [7, 11) is 0. The summed E-state index contributed by atoms with van der Waals surface area (Å²) in [5.74, 6) is 1.49. The fourth-order valence-electron chi connectivity index (χ4n) is 3.55. The van der Waals surface area contributed by atoms with E-state index in [9.17, 15) is 0 Å². The van der Waals surface area contributed by atoms with Gasteiger partial charge in [-0.25, -0.2) is 0 Å². The standard InChI is InChI=1S/C21H19Cl2N3OS/c1-2-12-26-20(19(25-21(26)28)15-8-3-4-11-24-15)17-10-9-16(27-17)13-6-5-7-14(22)18(13)23/h3-11,19-20H,2,12H2,1H3,(H,25,28)/t19-,20+/m1/s1. The van der Waals surface area contributed by atoms with Gasteiger partial charge in [0.2, 0.25) is 0 Å². The third-order valence-electron chi connectivity index (χ3n) is 4.80. The summed E-state index contributed by atoms with van der Waals surface area (Å²) in [6.07, 6.45) is 2.76. The van der Waals surface area contributed by atoms with Crippen molar-refractivity contribution in [2.45, 2.75) is 25.4 Å². The molecule has 0 amide bonds. The molecule has 1 saturated heterocycles. The minimum Gasteiger partial charge on any atom is -0.459 e. The lowest BCUT2D eigenvalue weighted by Gasteiger charge is -2.25. The third kappa shape index (κ3) is 3.50. The van der Waals surface area contributed by atoms with Gasteiger partial charge in [0.05, 0.1) is 21.8 Å². The maximum absolute atomic E-state index is 6.38. The van der Waals surface area contributed by atoms with Crippen LogP contribution in [0.1, 0.15) is 36.9 Å². The van der Waals surface area contributed by atoms with Crippen molar-refractivity contribution in [1.29, 1.82) is 0 Å². The van der Waals surface area contributed by atoms with E-state index < -0.39 is 0 Å². The summed E-state index contributed by atoms with van der Waals surface area (Å²) in [4.78, 5) is 6.69.